The Bertz CT molecular complexity index is 172. The number of hydrogen-bond donors (Lipinski definition) is 1. The summed E-state index contributed by atoms with van der Waals surface area (Å²) in [5, 5.41) is 0. The van der Waals surface area contributed by atoms with Gasteiger partial charge in [0.25, 0.3) is 5.91 Å². The predicted molar refractivity (Wildman–Crippen MR) is 32.4 cm³/mol. The third-order valence-electron chi connectivity index (χ3n) is 1.03. The molecule has 0 unspecified atom stereocenters. The summed E-state index contributed by atoms with van der Waals surface area (Å²) in [6.07, 6.45) is 3.17. The first-order valence-electron chi connectivity index (χ1n) is 2.59. The van der Waals surface area contributed by atoms with E-state index in [1.54, 1.807) is 6.08 Å². The molecule has 0 aromatic rings. The number of nitrogens with one attached hydrogen (secondary N) is 1. The summed E-state index contributed by atoms with van der Waals surface area (Å²) in [6, 6.07) is 0. The Morgan fingerprint density at radius 1 is 1.89 bits per heavy atom. The van der Waals surface area contributed by atoms with Gasteiger partial charge >= 0.3 is 0 Å². The van der Waals surface area contributed by atoms with E-state index in [2.05, 4.69) is 16.9 Å². The smallest absolute Gasteiger partial charge is 0.269 e. The van der Waals surface area contributed by atoms with Crippen LogP contribution in [-0.4, -0.2) is 12.5 Å². The Hall–Kier alpha value is -1.09. The Morgan fingerprint density at radius 2 is 2.67 bits per heavy atom. The second-order valence-electron chi connectivity index (χ2n) is 1.61. The molecule has 0 atom stereocenters. The molecular formula is C6H7NO2. The molecule has 1 rings (SSSR count). The monoisotopic (exact) mass is 125 g/mol. The molecule has 9 heavy (non-hydrogen) atoms. The highest BCUT2D eigenvalue weighted by molar-refractivity contribution is 5.95. The van der Waals surface area contributed by atoms with Gasteiger partial charge in [0, 0.05) is 5.57 Å². The van der Waals surface area contributed by atoms with Gasteiger partial charge in [-0.1, -0.05) is 12.7 Å². The highest BCUT2D eigenvalue weighted by atomic mass is 16.7. The van der Waals surface area contributed by atoms with Crippen molar-refractivity contribution in [2.45, 2.75) is 0 Å². The fourth-order valence-electron chi connectivity index (χ4n) is 0.566. The Labute approximate surface area is 53.0 Å². The van der Waals surface area contributed by atoms with Gasteiger partial charge in [0.1, 0.15) is 0 Å². The van der Waals surface area contributed by atoms with E-state index in [-0.39, 0.29) is 5.91 Å². The van der Waals surface area contributed by atoms with E-state index in [0.717, 1.165) is 0 Å². The molecule has 0 saturated carbocycles. The van der Waals surface area contributed by atoms with E-state index in [1.807, 2.05) is 0 Å². The SMILES string of the molecule is C=CC1=CCONC1=O. The maximum Gasteiger partial charge on any atom is 0.274 e. The van der Waals surface area contributed by atoms with E-state index >= 15 is 0 Å². The van der Waals surface area contributed by atoms with Crippen molar-refractivity contribution >= 4 is 5.91 Å². The average molecular weight is 125 g/mol. The van der Waals surface area contributed by atoms with Crippen molar-refractivity contribution in [2.24, 2.45) is 0 Å². The van der Waals surface area contributed by atoms with Gasteiger partial charge in [-0.05, 0) is 6.08 Å². The van der Waals surface area contributed by atoms with Crippen molar-refractivity contribution in [1.29, 1.82) is 0 Å². The second kappa shape index (κ2) is 2.46. The van der Waals surface area contributed by atoms with Gasteiger partial charge in [0.2, 0.25) is 0 Å². The standard InChI is InChI=1S/C6H7NO2/c1-2-5-3-4-9-7-6(5)8/h2-3H,1,4H2,(H,7,8). The zero-order valence-electron chi connectivity index (χ0n) is 4.89. The third-order valence-corrected chi connectivity index (χ3v) is 1.03. The van der Waals surface area contributed by atoms with E-state index in [4.69, 9.17) is 0 Å². The zero-order chi connectivity index (χ0) is 6.69. The van der Waals surface area contributed by atoms with Crippen LogP contribution in [-0.2, 0) is 9.63 Å². The number of hydroxylamine groups is 1. The van der Waals surface area contributed by atoms with Crippen LogP contribution in [0.15, 0.2) is 24.3 Å². The zero-order valence-corrected chi connectivity index (χ0v) is 4.89. The summed E-state index contributed by atoms with van der Waals surface area (Å²) in [5.74, 6) is -0.226. The highest BCUT2D eigenvalue weighted by Crippen LogP contribution is 1.99. The Kier molecular flexibility index (Phi) is 1.65. The van der Waals surface area contributed by atoms with Gasteiger partial charge in [0.15, 0.2) is 0 Å². The first-order chi connectivity index (χ1) is 4.34. The van der Waals surface area contributed by atoms with Gasteiger partial charge in [-0.2, -0.15) is 0 Å². The van der Waals surface area contributed by atoms with Crippen LogP contribution in [0.1, 0.15) is 0 Å². The molecule has 0 aliphatic carbocycles. The van der Waals surface area contributed by atoms with Crippen LogP contribution >= 0.6 is 0 Å². The minimum Gasteiger partial charge on any atom is -0.269 e. The number of carbonyl (C=O) groups is 1. The average Bonchev–Trinajstić information content (AvgIpc) is 1.89. The topological polar surface area (TPSA) is 38.3 Å². The lowest BCUT2D eigenvalue weighted by Crippen LogP contribution is -2.28. The molecule has 0 fully saturated rings. The number of carbonyl (C=O) groups excluding carboxylic acids is 1. The molecule has 1 N–H and O–H groups in total. The lowest BCUT2D eigenvalue weighted by atomic mass is 10.2. The minimum absolute atomic E-state index is 0.226. The molecule has 1 aliphatic rings. The maximum atomic E-state index is 10.6. The third kappa shape index (κ3) is 1.17. The van der Waals surface area contributed by atoms with E-state index < -0.39 is 0 Å². The highest BCUT2D eigenvalue weighted by Gasteiger charge is 2.08. The molecule has 0 radical (unpaired) electrons. The molecule has 0 bridgehead atoms. The van der Waals surface area contributed by atoms with Crippen molar-refractivity contribution in [3.05, 3.63) is 24.3 Å². The summed E-state index contributed by atoms with van der Waals surface area (Å²) in [4.78, 5) is 15.2. The lowest BCUT2D eigenvalue weighted by molar-refractivity contribution is -0.129. The number of hydrogen-bond acceptors (Lipinski definition) is 2. The summed E-state index contributed by atoms with van der Waals surface area (Å²) < 4.78 is 0. The maximum absolute atomic E-state index is 10.6. The summed E-state index contributed by atoms with van der Waals surface area (Å²) >= 11 is 0. The van der Waals surface area contributed by atoms with Crippen molar-refractivity contribution in [2.75, 3.05) is 6.61 Å². The molecule has 0 aromatic heterocycles. The van der Waals surface area contributed by atoms with E-state index in [1.165, 1.54) is 6.08 Å². The molecule has 48 valence electrons. The van der Waals surface area contributed by atoms with Gasteiger partial charge < -0.3 is 0 Å². The second-order valence-corrected chi connectivity index (χ2v) is 1.61. The largest absolute Gasteiger partial charge is 0.274 e. The van der Waals surface area contributed by atoms with Gasteiger partial charge in [0.05, 0.1) is 6.61 Å². The van der Waals surface area contributed by atoms with Crippen LogP contribution in [0.4, 0.5) is 0 Å². The van der Waals surface area contributed by atoms with Crippen molar-refractivity contribution in [1.82, 2.24) is 5.48 Å². The van der Waals surface area contributed by atoms with Gasteiger partial charge in [-0.15, -0.1) is 0 Å². The Balaban J connectivity index is 2.75. The number of amides is 1. The first kappa shape index (κ1) is 6.04. The molecule has 3 nitrogen and oxygen atoms in total. The quantitative estimate of drug-likeness (QED) is 0.542. The van der Waals surface area contributed by atoms with Gasteiger partial charge in [-0.3, -0.25) is 9.63 Å². The fraction of sp³-hybridized carbons (Fsp3) is 0.167. The van der Waals surface area contributed by atoms with Crippen LogP contribution in [0.25, 0.3) is 0 Å². The van der Waals surface area contributed by atoms with Crippen molar-refractivity contribution in [3.63, 3.8) is 0 Å². The minimum atomic E-state index is -0.226. The summed E-state index contributed by atoms with van der Waals surface area (Å²) in [7, 11) is 0. The van der Waals surface area contributed by atoms with Crippen molar-refractivity contribution in [3.8, 4) is 0 Å². The molecule has 3 heteroatoms. The molecule has 0 aromatic carbocycles. The van der Waals surface area contributed by atoms with Gasteiger partial charge in [-0.25, -0.2) is 5.48 Å². The molecule has 1 heterocycles. The van der Waals surface area contributed by atoms with Crippen LogP contribution in [0.5, 0.6) is 0 Å². The number of rotatable bonds is 1. The fourth-order valence-corrected chi connectivity index (χ4v) is 0.566. The summed E-state index contributed by atoms with van der Waals surface area (Å²) in [6.45, 7) is 3.87. The lowest BCUT2D eigenvalue weighted by Gasteiger charge is -2.09. The normalized spacial score (nSPS) is 18.2. The molecule has 1 amide bonds. The van der Waals surface area contributed by atoms with Crippen LogP contribution in [0, 0.1) is 0 Å². The van der Waals surface area contributed by atoms with Crippen LogP contribution in [0.3, 0.4) is 0 Å². The first-order valence-corrected chi connectivity index (χ1v) is 2.59. The van der Waals surface area contributed by atoms with Crippen molar-refractivity contribution < 1.29 is 9.63 Å². The summed E-state index contributed by atoms with van der Waals surface area (Å²) in [5.41, 5.74) is 2.78. The molecule has 0 spiro atoms. The van der Waals surface area contributed by atoms with Crippen LogP contribution < -0.4 is 5.48 Å². The molecule has 1 aliphatic heterocycles. The molecular weight excluding hydrogens is 118 g/mol. The van der Waals surface area contributed by atoms with Crippen LogP contribution in [0.2, 0.25) is 0 Å². The van der Waals surface area contributed by atoms with E-state index in [9.17, 15) is 4.79 Å². The Morgan fingerprint density at radius 3 is 3.11 bits per heavy atom. The molecule has 0 saturated heterocycles. The van der Waals surface area contributed by atoms with E-state index in [0.29, 0.717) is 12.2 Å². The predicted octanol–water partition coefficient (Wildman–Crippen LogP) is 0.160.